The van der Waals surface area contributed by atoms with Crippen molar-refractivity contribution in [3.63, 3.8) is 0 Å². The van der Waals surface area contributed by atoms with Crippen molar-refractivity contribution in [1.29, 1.82) is 0 Å². The second kappa shape index (κ2) is 12.6. The molecule has 1 aliphatic carbocycles. The van der Waals surface area contributed by atoms with Crippen molar-refractivity contribution in [3.8, 4) is 11.5 Å². The van der Waals surface area contributed by atoms with Crippen LogP contribution in [-0.2, 0) is 4.79 Å². The molecule has 0 radical (unpaired) electrons. The van der Waals surface area contributed by atoms with Gasteiger partial charge in [-0.25, -0.2) is 4.79 Å². The van der Waals surface area contributed by atoms with Crippen LogP contribution in [0.3, 0.4) is 0 Å². The van der Waals surface area contributed by atoms with Gasteiger partial charge in [0.15, 0.2) is 0 Å². The first-order chi connectivity index (χ1) is 19.5. The van der Waals surface area contributed by atoms with Crippen molar-refractivity contribution in [3.05, 3.63) is 91.0 Å². The summed E-state index contributed by atoms with van der Waals surface area (Å²) >= 11 is 3.23. The number of nitrogens with one attached hydrogen (secondary N) is 2. The van der Waals surface area contributed by atoms with Crippen LogP contribution in [0.1, 0.15) is 13.3 Å². The van der Waals surface area contributed by atoms with Gasteiger partial charge in [-0.05, 0) is 48.9 Å². The normalized spacial score (nSPS) is 17.8. The van der Waals surface area contributed by atoms with Crippen LogP contribution >= 0.6 is 23.5 Å². The van der Waals surface area contributed by atoms with E-state index in [-0.39, 0.29) is 28.5 Å². The lowest BCUT2D eigenvalue weighted by atomic mass is 10.1. The molecule has 40 heavy (non-hydrogen) atoms. The fourth-order valence-electron chi connectivity index (χ4n) is 4.66. The predicted molar refractivity (Wildman–Crippen MR) is 164 cm³/mol. The van der Waals surface area contributed by atoms with Gasteiger partial charge in [0.05, 0.1) is 42.1 Å². The third-order valence-electron chi connectivity index (χ3n) is 6.66. The molecule has 9 heteroatoms. The first kappa shape index (κ1) is 27.7. The standard InChI is InChI=1S/C31H31N3O4S2/c1-4-27(30(35)33-23-17-16-21(37-2)19-26(23)38-3)39-22-11-9-10-20(18-22)32-31(36)34-24-12-5-7-14-28(24)40-29-15-8-6-13-25(29)34/h5-19,24,27-28H,4H2,1-3H3,(H,32,36)(H,33,35). The Kier molecular flexibility index (Phi) is 8.72. The molecule has 1 heterocycles. The van der Waals surface area contributed by atoms with E-state index in [4.69, 9.17) is 9.47 Å². The van der Waals surface area contributed by atoms with Gasteiger partial charge in [0.2, 0.25) is 5.91 Å². The number of hydrogen-bond donors (Lipinski definition) is 2. The van der Waals surface area contributed by atoms with E-state index in [0.717, 1.165) is 15.5 Å². The van der Waals surface area contributed by atoms with E-state index in [2.05, 4.69) is 28.9 Å². The van der Waals surface area contributed by atoms with Crippen LogP contribution in [0, 0.1) is 0 Å². The van der Waals surface area contributed by atoms with Gasteiger partial charge in [-0.15, -0.1) is 23.5 Å². The third kappa shape index (κ3) is 6.00. The summed E-state index contributed by atoms with van der Waals surface area (Å²) in [6.07, 6.45) is 8.85. The van der Waals surface area contributed by atoms with Crippen molar-refractivity contribution >= 4 is 52.5 Å². The summed E-state index contributed by atoms with van der Waals surface area (Å²) in [4.78, 5) is 30.6. The molecule has 3 unspecified atom stereocenters. The second-order valence-electron chi connectivity index (χ2n) is 9.21. The van der Waals surface area contributed by atoms with Crippen LogP contribution < -0.4 is 25.0 Å². The maximum atomic E-state index is 13.6. The third-order valence-corrected chi connectivity index (χ3v) is 9.32. The van der Waals surface area contributed by atoms with Crippen molar-refractivity contribution in [1.82, 2.24) is 0 Å². The van der Waals surface area contributed by atoms with Gasteiger partial charge in [0, 0.05) is 21.5 Å². The Morgan fingerprint density at radius 2 is 1.80 bits per heavy atom. The molecule has 206 valence electrons. The molecule has 0 aromatic heterocycles. The zero-order valence-electron chi connectivity index (χ0n) is 22.5. The van der Waals surface area contributed by atoms with Crippen LogP contribution in [0.4, 0.5) is 21.9 Å². The highest BCUT2D eigenvalue weighted by Crippen LogP contribution is 2.43. The number of benzene rings is 3. The Labute approximate surface area is 243 Å². The molecule has 3 amide bonds. The summed E-state index contributed by atoms with van der Waals surface area (Å²) in [7, 11) is 3.14. The Morgan fingerprint density at radius 1 is 0.975 bits per heavy atom. The molecule has 2 aliphatic rings. The van der Waals surface area contributed by atoms with Crippen molar-refractivity contribution in [2.24, 2.45) is 0 Å². The predicted octanol–water partition coefficient (Wildman–Crippen LogP) is 7.22. The van der Waals surface area contributed by atoms with E-state index in [1.54, 1.807) is 44.2 Å². The van der Waals surface area contributed by atoms with E-state index in [1.807, 2.05) is 66.4 Å². The van der Waals surface area contributed by atoms with E-state index in [9.17, 15) is 9.59 Å². The van der Waals surface area contributed by atoms with Crippen molar-refractivity contribution in [2.45, 2.75) is 39.7 Å². The maximum absolute atomic E-state index is 13.6. The average molecular weight is 574 g/mol. The molecule has 3 aromatic carbocycles. The quantitative estimate of drug-likeness (QED) is 0.277. The number of thioether (sulfide) groups is 2. The molecule has 5 rings (SSSR count). The van der Waals surface area contributed by atoms with Crippen LogP contribution in [0.2, 0.25) is 0 Å². The van der Waals surface area contributed by atoms with Gasteiger partial charge in [0.1, 0.15) is 11.5 Å². The number of methoxy groups -OCH3 is 2. The van der Waals surface area contributed by atoms with E-state index < -0.39 is 0 Å². The molecule has 3 atom stereocenters. The van der Waals surface area contributed by atoms with Gasteiger partial charge in [-0.3, -0.25) is 9.69 Å². The number of amides is 3. The van der Waals surface area contributed by atoms with Gasteiger partial charge in [-0.2, -0.15) is 0 Å². The monoisotopic (exact) mass is 573 g/mol. The van der Waals surface area contributed by atoms with E-state index >= 15 is 0 Å². The number of ether oxygens (including phenoxy) is 2. The smallest absolute Gasteiger partial charge is 0.326 e. The van der Waals surface area contributed by atoms with Gasteiger partial charge in [-0.1, -0.05) is 49.4 Å². The van der Waals surface area contributed by atoms with Crippen molar-refractivity contribution in [2.75, 3.05) is 29.8 Å². The highest BCUT2D eigenvalue weighted by Gasteiger charge is 2.36. The second-order valence-corrected chi connectivity index (χ2v) is 11.7. The molecule has 0 fully saturated rings. The number of fused-ring (bicyclic) bond motifs is 2. The number of carbonyl (C=O) groups excluding carboxylic acids is 2. The topological polar surface area (TPSA) is 79.9 Å². The van der Waals surface area contributed by atoms with E-state index in [1.165, 1.54) is 11.8 Å². The summed E-state index contributed by atoms with van der Waals surface area (Å²) in [5, 5.41) is 5.88. The molecule has 0 saturated carbocycles. The molecule has 0 spiro atoms. The lowest BCUT2D eigenvalue weighted by molar-refractivity contribution is -0.115. The first-order valence-electron chi connectivity index (χ1n) is 13.0. The van der Waals surface area contributed by atoms with Gasteiger partial charge >= 0.3 is 6.03 Å². The fourth-order valence-corrected chi connectivity index (χ4v) is 6.93. The summed E-state index contributed by atoms with van der Waals surface area (Å²) in [6.45, 7) is 1.97. The Balaban J connectivity index is 1.30. The highest BCUT2D eigenvalue weighted by atomic mass is 32.2. The molecular weight excluding hydrogens is 542 g/mol. The number of nitrogens with zero attached hydrogens (tertiary/aromatic N) is 1. The van der Waals surface area contributed by atoms with Crippen LogP contribution in [0.15, 0.2) is 101 Å². The van der Waals surface area contributed by atoms with Crippen LogP contribution in [-0.4, -0.2) is 42.7 Å². The number of hydrogen-bond acceptors (Lipinski definition) is 6. The molecule has 2 N–H and O–H groups in total. The minimum atomic E-state index is -0.344. The molecular formula is C31H31N3O4S2. The van der Waals surface area contributed by atoms with Crippen LogP contribution in [0.25, 0.3) is 0 Å². The zero-order chi connectivity index (χ0) is 28.1. The summed E-state index contributed by atoms with van der Waals surface area (Å²) < 4.78 is 10.7. The average Bonchev–Trinajstić information content (AvgIpc) is 2.98. The lowest BCUT2D eigenvalue weighted by Gasteiger charge is -2.40. The Hall–Kier alpha value is -3.82. The number of rotatable bonds is 8. The van der Waals surface area contributed by atoms with Crippen molar-refractivity contribution < 1.29 is 19.1 Å². The fraction of sp³-hybridized carbons (Fsp3) is 0.226. The SMILES string of the molecule is CCC(Sc1cccc(NC(=O)N2c3ccccc3SC3C=CC=CC32)c1)C(=O)Nc1ccc(OC)cc1OC. The summed E-state index contributed by atoms with van der Waals surface area (Å²) in [5.74, 6) is 1.05. The zero-order valence-corrected chi connectivity index (χ0v) is 24.1. The van der Waals surface area contributed by atoms with Gasteiger partial charge in [0.25, 0.3) is 0 Å². The highest BCUT2D eigenvalue weighted by molar-refractivity contribution is 8.00. The molecule has 3 aromatic rings. The molecule has 0 bridgehead atoms. The number of allylic oxidation sites excluding steroid dienone is 2. The lowest BCUT2D eigenvalue weighted by Crippen LogP contribution is -2.49. The summed E-state index contributed by atoms with van der Waals surface area (Å²) in [5.41, 5.74) is 2.15. The molecule has 1 aliphatic heterocycles. The number of carbonyl (C=O) groups is 2. The number of urea groups is 1. The first-order valence-corrected chi connectivity index (χ1v) is 14.8. The summed E-state index contributed by atoms with van der Waals surface area (Å²) in [6, 6.07) is 20.6. The number of anilines is 3. The maximum Gasteiger partial charge on any atom is 0.326 e. The van der Waals surface area contributed by atoms with Crippen LogP contribution in [0.5, 0.6) is 11.5 Å². The van der Waals surface area contributed by atoms with Gasteiger partial charge < -0.3 is 20.1 Å². The Bertz CT molecular complexity index is 1460. The minimum Gasteiger partial charge on any atom is -0.497 e. The molecule has 7 nitrogen and oxygen atoms in total. The minimum absolute atomic E-state index is 0.0782. The largest absolute Gasteiger partial charge is 0.497 e. The van der Waals surface area contributed by atoms with E-state index in [0.29, 0.717) is 29.3 Å². The number of para-hydroxylation sites is 1. The molecule has 0 saturated heterocycles. The Morgan fingerprint density at radius 3 is 2.60 bits per heavy atom.